The Balaban J connectivity index is 2.12. The molecule has 1 amide bonds. The summed E-state index contributed by atoms with van der Waals surface area (Å²) in [6, 6.07) is 0. The van der Waals surface area contributed by atoms with E-state index in [-0.39, 0.29) is 22.7 Å². The molecule has 2 aliphatic rings. The van der Waals surface area contributed by atoms with E-state index in [9.17, 15) is 9.18 Å². The van der Waals surface area contributed by atoms with Crippen molar-refractivity contribution in [3.8, 4) is 0 Å². The Bertz CT molecular complexity index is 524. The number of carbonyl (C=O) groups is 1. The molecular formula is C11H13FN2OS2. The van der Waals surface area contributed by atoms with Crippen molar-refractivity contribution in [2.24, 2.45) is 5.41 Å². The summed E-state index contributed by atoms with van der Waals surface area (Å²) in [6.45, 7) is 5.48. The highest BCUT2D eigenvalue weighted by Gasteiger charge is 2.42. The molecule has 3 rings (SSSR count). The van der Waals surface area contributed by atoms with Gasteiger partial charge in [0.2, 0.25) is 0 Å². The monoisotopic (exact) mass is 272 g/mol. The molecule has 0 saturated carbocycles. The Morgan fingerprint density at radius 3 is 2.76 bits per heavy atom. The van der Waals surface area contributed by atoms with Gasteiger partial charge in [0.25, 0.3) is 5.91 Å². The highest BCUT2D eigenvalue weighted by atomic mass is 33.1. The van der Waals surface area contributed by atoms with Gasteiger partial charge in [0.15, 0.2) is 5.82 Å². The second kappa shape index (κ2) is 3.45. The average Bonchev–Trinajstić information content (AvgIpc) is 2.81. The van der Waals surface area contributed by atoms with Gasteiger partial charge in [-0.05, 0) is 11.8 Å². The number of carbonyl (C=O) groups excluding carboxylic acids is 1. The largest absolute Gasteiger partial charge is 0.343 e. The lowest BCUT2D eigenvalue weighted by molar-refractivity contribution is 0.0886. The predicted molar refractivity (Wildman–Crippen MR) is 68.3 cm³/mol. The van der Waals surface area contributed by atoms with Crippen LogP contribution in [0, 0.1) is 11.2 Å². The van der Waals surface area contributed by atoms with Crippen molar-refractivity contribution < 1.29 is 9.18 Å². The van der Waals surface area contributed by atoms with Crippen molar-refractivity contribution in [3.63, 3.8) is 0 Å². The number of fused-ring (bicyclic) bond motifs is 3. The van der Waals surface area contributed by atoms with Crippen LogP contribution in [0.25, 0.3) is 0 Å². The first-order chi connectivity index (χ1) is 7.94. The van der Waals surface area contributed by atoms with Crippen LogP contribution < -0.4 is 0 Å². The molecule has 2 aliphatic heterocycles. The van der Waals surface area contributed by atoms with Crippen LogP contribution in [0.1, 0.15) is 35.6 Å². The fourth-order valence-corrected chi connectivity index (χ4v) is 3.51. The van der Waals surface area contributed by atoms with Gasteiger partial charge in [0.1, 0.15) is 0 Å². The zero-order chi connectivity index (χ0) is 12.4. The van der Waals surface area contributed by atoms with Crippen molar-refractivity contribution >= 4 is 28.5 Å². The molecule has 0 bridgehead atoms. The minimum absolute atomic E-state index is 0.0791. The lowest BCUT2D eigenvalue weighted by atomic mass is 9.91. The van der Waals surface area contributed by atoms with Crippen molar-refractivity contribution in [2.75, 3.05) is 0 Å². The maximum Gasteiger partial charge on any atom is 0.269 e. The van der Waals surface area contributed by atoms with Gasteiger partial charge in [-0.2, -0.15) is 0 Å². The van der Waals surface area contributed by atoms with Crippen molar-refractivity contribution in [2.45, 2.75) is 33.4 Å². The summed E-state index contributed by atoms with van der Waals surface area (Å²) in [5, 5.41) is 0. The molecule has 6 heteroatoms. The number of halogens is 1. The summed E-state index contributed by atoms with van der Waals surface area (Å²) in [4.78, 5) is 11.9. The topological polar surface area (TPSA) is 25.2 Å². The van der Waals surface area contributed by atoms with Crippen LogP contribution in [0.4, 0.5) is 4.39 Å². The van der Waals surface area contributed by atoms with Crippen LogP contribution in [-0.2, 0) is 19.5 Å². The van der Waals surface area contributed by atoms with E-state index >= 15 is 0 Å². The predicted octanol–water partition coefficient (Wildman–Crippen LogP) is 2.66. The normalized spacial score (nSPS) is 20.9. The van der Waals surface area contributed by atoms with Gasteiger partial charge >= 0.3 is 0 Å². The third-order valence-electron chi connectivity index (χ3n) is 3.48. The fourth-order valence-electron chi connectivity index (χ4n) is 2.77. The third-order valence-corrected chi connectivity index (χ3v) is 4.56. The van der Waals surface area contributed by atoms with E-state index in [1.165, 1.54) is 4.31 Å². The molecule has 17 heavy (non-hydrogen) atoms. The molecule has 0 radical (unpaired) electrons. The number of thiol groups is 1. The number of hydrogen-bond acceptors (Lipinski definition) is 3. The Labute approximate surface area is 108 Å². The van der Waals surface area contributed by atoms with Gasteiger partial charge in [-0.1, -0.05) is 25.5 Å². The zero-order valence-electron chi connectivity index (χ0n) is 9.66. The van der Waals surface area contributed by atoms with E-state index in [4.69, 9.17) is 0 Å². The average molecular weight is 272 g/mol. The van der Waals surface area contributed by atoms with Gasteiger partial charge in [0, 0.05) is 17.5 Å². The van der Waals surface area contributed by atoms with Gasteiger partial charge in [-0.15, -0.1) is 0 Å². The summed E-state index contributed by atoms with van der Waals surface area (Å²) < 4.78 is 17.7. The van der Waals surface area contributed by atoms with E-state index < -0.39 is 0 Å². The molecule has 0 saturated heterocycles. The first-order valence-corrected chi connectivity index (χ1v) is 7.30. The van der Waals surface area contributed by atoms with Crippen LogP contribution in [0.2, 0.25) is 0 Å². The molecule has 92 valence electrons. The summed E-state index contributed by atoms with van der Waals surface area (Å²) in [5.74, 6) is -0.572. The maximum atomic E-state index is 14.2. The minimum atomic E-state index is -0.319. The highest BCUT2D eigenvalue weighted by Crippen LogP contribution is 2.41. The lowest BCUT2D eigenvalue weighted by Crippen LogP contribution is -2.15. The summed E-state index contributed by atoms with van der Waals surface area (Å²) in [7, 11) is 1.05. The number of hydrogen-bond donors (Lipinski definition) is 1. The van der Waals surface area contributed by atoms with Crippen LogP contribution in [0.15, 0.2) is 0 Å². The van der Waals surface area contributed by atoms with Crippen molar-refractivity contribution in [1.82, 2.24) is 8.87 Å². The molecule has 0 spiro atoms. The fraction of sp³-hybridized carbons (Fsp3) is 0.545. The SMILES string of the molecule is CC1(C)Cc2c(F)c3c(n2C1)CN(SS)C3=O. The molecule has 0 aliphatic carbocycles. The summed E-state index contributed by atoms with van der Waals surface area (Å²) in [6.07, 6.45) is 0.702. The van der Waals surface area contributed by atoms with Crippen molar-refractivity contribution in [1.29, 1.82) is 0 Å². The van der Waals surface area contributed by atoms with Gasteiger partial charge in [-0.3, -0.25) is 9.10 Å². The molecular weight excluding hydrogens is 259 g/mol. The number of amides is 1. The first kappa shape index (κ1) is 11.5. The lowest BCUT2D eigenvalue weighted by Gasteiger charge is -2.16. The van der Waals surface area contributed by atoms with Gasteiger partial charge in [-0.25, -0.2) is 4.39 Å². The quantitative estimate of drug-likeness (QED) is 0.483. The molecule has 0 atom stereocenters. The molecule has 3 heterocycles. The highest BCUT2D eigenvalue weighted by molar-refractivity contribution is 8.67. The van der Waals surface area contributed by atoms with E-state index in [2.05, 4.69) is 25.5 Å². The van der Waals surface area contributed by atoms with E-state index in [1.54, 1.807) is 0 Å². The Morgan fingerprint density at radius 2 is 2.12 bits per heavy atom. The number of nitrogens with zero attached hydrogens (tertiary/aromatic N) is 2. The second-order valence-electron chi connectivity index (χ2n) is 5.43. The van der Waals surface area contributed by atoms with Crippen LogP contribution in [0.5, 0.6) is 0 Å². The van der Waals surface area contributed by atoms with Crippen LogP contribution in [0.3, 0.4) is 0 Å². The summed E-state index contributed by atoms with van der Waals surface area (Å²) in [5.41, 5.74) is 1.85. The second-order valence-corrected chi connectivity index (χ2v) is 6.53. The van der Waals surface area contributed by atoms with E-state index in [0.29, 0.717) is 18.7 Å². The molecule has 0 aromatic carbocycles. The Morgan fingerprint density at radius 1 is 1.41 bits per heavy atom. The smallest absolute Gasteiger partial charge is 0.269 e. The molecule has 1 aromatic rings. The first-order valence-electron chi connectivity index (χ1n) is 5.48. The molecule has 3 nitrogen and oxygen atoms in total. The van der Waals surface area contributed by atoms with Crippen molar-refractivity contribution in [3.05, 3.63) is 22.8 Å². The molecule has 1 aromatic heterocycles. The molecule has 0 N–H and O–H groups in total. The Hall–Kier alpha value is -0.620. The van der Waals surface area contributed by atoms with Crippen LogP contribution in [-0.4, -0.2) is 14.8 Å². The summed E-state index contributed by atoms with van der Waals surface area (Å²) >= 11 is 4.02. The number of rotatable bonds is 1. The maximum absolute atomic E-state index is 14.2. The van der Waals surface area contributed by atoms with Crippen LogP contribution >= 0.6 is 22.6 Å². The zero-order valence-corrected chi connectivity index (χ0v) is 11.4. The number of aromatic nitrogens is 1. The van der Waals surface area contributed by atoms with E-state index in [1.807, 2.05) is 4.57 Å². The van der Waals surface area contributed by atoms with Gasteiger partial charge in [0.05, 0.1) is 23.5 Å². The standard InChI is InChI=1S/C11H13FN2OS2/c1-11(2)3-6-9(12)8-7(13(6)5-11)4-14(17-16)10(8)15/h16H,3-5H2,1-2H3. The van der Waals surface area contributed by atoms with E-state index in [0.717, 1.165) is 23.2 Å². The minimum Gasteiger partial charge on any atom is -0.343 e. The third kappa shape index (κ3) is 1.46. The van der Waals surface area contributed by atoms with Gasteiger partial charge < -0.3 is 4.57 Å². The molecule has 0 fully saturated rings. The Kier molecular flexibility index (Phi) is 2.32. The molecule has 0 unspecified atom stereocenters.